The van der Waals surface area contributed by atoms with E-state index in [4.69, 9.17) is 9.73 Å². The highest BCUT2D eigenvalue weighted by molar-refractivity contribution is 8.03. The molecule has 0 radical (unpaired) electrons. The fourth-order valence-corrected chi connectivity index (χ4v) is 5.37. The van der Waals surface area contributed by atoms with Crippen molar-refractivity contribution in [1.82, 2.24) is 5.32 Å². The number of allylic oxidation sites excluding steroid dienone is 2. The van der Waals surface area contributed by atoms with Gasteiger partial charge >= 0.3 is 0 Å². The molecule has 1 aliphatic carbocycles. The van der Waals surface area contributed by atoms with Gasteiger partial charge in [-0.25, -0.2) is 0 Å². The van der Waals surface area contributed by atoms with Gasteiger partial charge in [-0.2, -0.15) is 0 Å². The summed E-state index contributed by atoms with van der Waals surface area (Å²) in [6.07, 6.45) is 9.86. The summed E-state index contributed by atoms with van der Waals surface area (Å²) < 4.78 is 5.63. The molecule has 4 rings (SSSR count). The number of thioether (sulfide) groups is 1. The van der Waals surface area contributed by atoms with Gasteiger partial charge in [0.2, 0.25) is 5.91 Å². The molecule has 2 aliphatic rings. The number of nitrogens with one attached hydrogen (secondary N) is 1. The van der Waals surface area contributed by atoms with Gasteiger partial charge in [-0.1, -0.05) is 67.9 Å². The van der Waals surface area contributed by atoms with Gasteiger partial charge < -0.3 is 10.1 Å². The van der Waals surface area contributed by atoms with E-state index in [9.17, 15) is 4.79 Å². The van der Waals surface area contributed by atoms with Gasteiger partial charge in [-0.05, 0) is 43.5 Å². The van der Waals surface area contributed by atoms with Crippen molar-refractivity contribution in [2.45, 2.75) is 56.4 Å². The highest BCUT2D eigenvalue weighted by Gasteiger charge is 2.21. The van der Waals surface area contributed by atoms with Gasteiger partial charge in [0.05, 0.1) is 18.5 Å². The minimum Gasteiger partial charge on any atom is -0.496 e. The summed E-state index contributed by atoms with van der Waals surface area (Å²) >= 11 is 1.71. The van der Waals surface area contributed by atoms with E-state index in [1.807, 2.05) is 30.3 Å². The van der Waals surface area contributed by atoms with Crippen LogP contribution in [0.1, 0.15) is 56.6 Å². The zero-order valence-electron chi connectivity index (χ0n) is 18.8. The van der Waals surface area contributed by atoms with Gasteiger partial charge in [-0.3, -0.25) is 9.79 Å². The van der Waals surface area contributed by atoms with Crippen molar-refractivity contribution < 1.29 is 9.53 Å². The maximum Gasteiger partial charge on any atom is 0.224 e. The summed E-state index contributed by atoms with van der Waals surface area (Å²) in [5.41, 5.74) is 4.01. The molecule has 1 heterocycles. The van der Waals surface area contributed by atoms with Gasteiger partial charge in [0, 0.05) is 33.4 Å². The molecule has 1 amide bonds. The Bertz CT molecular complexity index is 1060. The van der Waals surface area contributed by atoms with E-state index in [-0.39, 0.29) is 5.91 Å². The highest BCUT2D eigenvalue weighted by atomic mass is 32.2. The second-order valence-electron chi connectivity index (χ2n) is 8.08. The number of aliphatic imine (C=N–C) groups is 1. The molecule has 1 fully saturated rings. The molecule has 0 aromatic heterocycles. The number of hydrogen-bond donors (Lipinski definition) is 1. The SMILES string of the molecule is CCC1=C(/C=C\CC(=O)NC2CCCC2)Sc2ccccc2C(c2ccccc2OC)=N1. The lowest BCUT2D eigenvalue weighted by molar-refractivity contribution is -0.120. The zero-order chi connectivity index (χ0) is 22.3. The third-order valence-electron chi connectivity index (χ3n) is 5.88. The molecule has 4 nitrogen and oxygen atoms in total. The molecule has 1 saturated carbocycles. The van der Waals surface area contributed by atoms with Crippen LogP contribution in [0.25, 0.3) is 0 Å². The van der Waals surface area contributed by atoms with E-state index in [2.05, 4.69) is 42.6 Å². The highest BCUT2D eigenvalue weighted by Crippen LogP contribution is 2.39. The standard InChI is InChI=1S/C27H30N2O2S/c1-3-22-25(17-10-18-26(30)28-19-11-4-5-12-19)32-24-16-9-7-14-21(24)27(29-22)20-13-6-8-15-23(20)31-2/h6-10,13-17,19H,3-5,11-12,18H2,1-2H3,(H,28,30)/b17-10-. The van der Waals surface area contributed by atoms with Crippen molar-refractivity contribution in [3.8, 4) is 5.75 Å². The average molecular weight is 447 g/mol. The van der Waals surface area contributed by atoms with Gasteiger partial charge in [-0.15, -0.1) is 0 Å². The van der Waals surface area contributed by atoms with Gasteiger partial charge in [0.15, 0.2) is 0 Å². The van der Waals surface area contributed by atoms with Gasteiger partial charge in [0.25, 0.3) is 0 Å². The zero-order valence-corrected chi connectivity index (χ0v) is 19.6. The molecule has 2 aromatic rings. The Labute approximate surface area is 194 Å². The van der Waals surface area contributed by atoms with Crippen LogP contribution in [0, 0.1) is 0 Å². The lowest BCUT2D eigenvalue weighted by atomic mass is 10.0. The first-order chi connectivity index (χ1) is 15.7. The van der Waals surface area contributed by atoms with Crippen molar-refractivity contribution in [3.05, 3.63) is 82.4 Å². The van der Waals surface area contributed by atoms with Crippen LogP contribution < -0.4 is 10.1 Å². The Balaban J connectivity index is 1.64. The first-order valence-corrected chi connectivity index (χ1v) is 12.2. The van der Waals surface area contributed by atoms with E-state index in [1.54, 1.807) is 18.9 Å². The fraction of sp³-hybridized carbons (Fsp3) is 0.333. The number of ether oxygens (including phenoxy) is 1. The molecular formula is C27H30N2O2S. The second kappa shape index (κ2) is 10.7. The van der Waals surface area contributed by atoms with Gasteiger partial charge in [0.1, 0.15) is 5.75 Å². The Morgan fingerprint density at radius 2 is 1.84 bits per heavy atom. The maximum atomic E-state index is 12.3. The smallest absolute Gasteiger partial charge is 0.224 e. The molecule has 0 spiro atoms. The van der Waals surface area contributed by atoms with Crippen LogP contribution in [0.15, 0.2) is 81.2 Å². The number of carbonyl (C=O) groups is 1. The summed E-state index contributed by atoms with van der Waals surface area (Å²) in [4.78, 5) is 19.7. The van der Waals surface area contributed by atoms with Crippen LogP contribution in [-0.4, -0.2) is 24.8 Å². The monoisotopic (exact) mass is 446 g/mol. The summed E-state index contributed by atoms with van der Waals surface area (Å²) in [6.45, 7) is 2.12. The quantitative estimate of drug-likeness (QED) is 0.546. The third kappa shape index (κ3) is 5.16. The summed E-state index contributed by atoms with van der Waals surface area (Å²) in [5, 5.41) is 3.16. The summed E-state index contributed by atoms with van der Waals surface area (Å²) in [7, 11) is 1.69. The Morgan fingerprint density at radius 1 is 1.12 bits per heavy atom. The number of rotatable bonds is 7. The van der Waals surface area contributed by atoms with Crippen molar-refractivity contribution in [3.63, 3.8) is 0 Å². The van der Waals surface area contributed by atoms with E-state index >= 15 is 0 Å². The average Bonchev–Trinajstić information content (AvgIpc) is 3.27. The predicted octanol–water partition coefficient (Wildman–Crippen LogP) is 6.27. The van der Waals surface area contributed by atoms with Crippen molar-refractivity contribution in [2.75, 3.05) is 7.11 Å². The van der Waals surface area contributed by atoms with Crippen LogP contribution in [0.4, 0.5) is 0 Å². The molecule has 1 N–H and O–H groups in total. The van der Waals surface area contributed by atoms with E-state index in [0.717, 1.165) is 57.3 Å². The van der Waals surface area contributed by atoms with Crippen molar-refractivity contribution in [2.24, 2.45) is 4.99 Å². The molecule has 1 aliphatic heterocycles. The molecule has 0 saturated heterocycles. The number of carbonyl (C=O) groups excluding carboxylic acids is 1. The Kier molecular flexibility index (Phi) is 7.48. The van der Waals surface area contributed by atoms with E-state index < -0.39 is 0 Å². The molecule has 166 valence electrons. The number of fused-ring (bicyclic) bond motifs is 1. The summed E-state index contributed by atoms with van der Waals surface area (Å²) in [6, 6.07) is 16.7. The lowest BCUT2D eigenvalue weighted by Gasteiger charge is -2.12. The molecule has 0 unspecified atom stereocenters. The normalized spacial score (nSPS) is 16.6. The van der Waals surface area contributed by atoms with Crippen molar-refractivity contribution >= 4 is 23.4 Å². The van der Waals surface area contributed by atoms with Crippen LogP contribution in [0.2, 0.25) is 0 Å². The number of para-hydroxylation sites is 1. The maximum absolute atomic E-state index is 12.3. The van der Waals surface area contributed by atoms with E-state index in [0.29, 0.717) is 12.5 Å². The molecule has 5 heteroatoms. The largest absolute Gasteiger partial charge is 0.496 e. The van der Waals surface area contributed by atoms with Crippen LogP contribution in [0.5, 0.6) is 5.75 Å². The first kappa shape index (κ1) is 22.4. The molecular weight excluding hydrogens is 416 g/mol. The third-order valence-corrected chi connectivity index (χ3v) is 7.05. The van der Waals surface area contributed by atoms with Crippen LogP contribution in [0.3, 0.4) is 0 Å². The van der Waals surface area contributed by atoms with Crippen LogP contribution >= 0.6 is 11.8 Å². The summed E-state index contributed by atoms with van der Waals surface area (Å²) in [5.74, 6) is 0.910. The number of amides is 1. The Hall–Kier alpha value is -2.79. The number of benzene rings is 2. The number of hydrogen-bond acceptors (Lipinski definition) is 4. The first-order valence-electron chi connectivity index (χ1n) is 11.4. The van der Waals surface area contributed by atoms with E-state index in [1.165, 1.54) is 12.8 Å². The minimum atomic E-state index is 0.101. The number of methoxy groups -OCH3 is 1. The topological polar surface area (TPSA) is 50.7 Å². The van der Waals surface area contributed by atoms with Crippen molar-refractivity contribution in [1.29, 1.82) is 0 Å². The molecule has 0 atom stereocenters. The van der Waals surface area contributed by atoms with Crippen LogP contribution in [-0.2, 0) is 4.79 Å². The molecule has 32 heavy (non-hydrogen) atoms. The molecule has 2 aromatic carbocycles. The minimum absolute atomic E-state index is 0.101. The fourth-order valence-electron chi connectivity index (χ4n) is 4.24. The second-order valence-corrected chi connectivity index (χ2v) is 9.16. The Morgan fingerprint density at radius 3 is 2.59 bits per heavy atom. The number of nitrogens with zero attached hydrogens (tertiary/aromatic N) is 1. The predicted molar refractivity (Wildman–Crippen MR) is 132 cm³/mol. The lowest BCUT2D eigenvalue weighted by Crippen LogP contribution is -2.31. The molecule has 0 bridgehead atoms.